The smallest absolute Gasteiger partial charge is 0.367 e. The number of likely N-dealkylation sites (tertiary alicyclic amines) is 1. The Bertz CT molecular complexity index is 932. The molecule has 4 rings (SSSR count). The minimum atomic E-state index is -5.05. The highest BCUT2D eigenvalue weighted by atomic mass is 31.3. The zero-order chi connectivity index (χ0) is 21.8. The van der Waals surface area contributed by atoms with Gasteiger partial charge >= 0.3 is 15.6 Å². The summed E-state index contributed by atoms with van der Waals surface area (Å²) >= 11 is 0. The van der Waals surface area contributed by atoms with Gasteiger partial charge in [-0.15, -0.1) is 15.3 Å². The number of nitrogens with zero attached hydrogens (tertiary/aromatic N) is 5. The summed E-state index contributed by atoms with van der Waals surface area (Å²) in [5, 5.41) is 16.5. The maximum absolute atomic E-state index is 9.63. The minimum absolute atomic E-state index is 0.940. The predicted molar refractivity (Wildman–Crippen MR) is 107 cm³/mol. The maximum Gasteiger partial charge on any atom is 0.478 e. The van der Waals surface area contributed by atoms with Crippen LogP contribution < -0.4 is 5.32 Å². The van der Waals surface area contributed by atoms with E-state index in [-0.39, 0.29) is 0 Å². The number of nitrogens with one attached hydrogen (secondary N) is 1. The molecule has 2 aromatic rings. The van der Waals surface area contributed by atoms with Crippen LogP contribution in [0.2, 0.25) is 0 Å². The lowest BCUT2D eigenvalue weighted by Crippen LogP contribution is -2.27. The predicted octanol–water partition coefficient (Wildman–Crippen LogP) is 0.699. The summed E-state index contributed by atoms with van der Waals surface area (Å²) in [5.41, 5.74) is 3.65. The Hall–Kier alpha value is -1.43. The van der Waals surface area contributed by atoms with Crippen molar-refractivity contribution in [3.05, 3.63) is 17.5 Å². The molecule has 5 N–H and O–H groups in total. The molecule has 0 aromatic carbocycles. The van der Waals surface area contributed by atoms with Gasteiger partial charge in [-0.05, 0) is 51.6 Å². The van der Waals surface area contributed by atoms with Crippen LogP contribution in [0.5, 0.6) is 0 Å². The number of aromatic nitrogens is 4. The quantitative estimate of drug-likeness (QED) is 0.378. The van der Waals surface area contributed by atoms with E-state index in [1.807, 2.05) is 4.52 Å². The Balaban J connectivity index is 0.000000244. The number of phosphoric acid groups is 2. The van der Waals surface area contributed by atoms with Gasteiger partial charge < -0.3 is 29.8 Å². The van der Waals surface area contributed by atoms with Crippen molar-refractivity contribution in [3.8, 4) is 0 Å². The van der Waals surface area contributed by atoms with E-state index < -0.39 is 15.6 Å². The second-order valence-corrected chi connectivity index (χ2v) is 9.77. The SMILES string of the molecule is O=P(O)(O)OP(=O)(O)O.c1nnc2c3c(c(NCCN4CCCC4)nn12)CCCC3. The summed E-state index contributed by atoms with van der Waals surface area (Å²) in [5.74, 6) is 1.04. The molecule has 13 nitrogen and oxygen atoms in total. The second kappa shape index (κ2) is 9.80. The molecule has 0 bridgehead atoms. The van der Waals surface area contributed by atoms with Gasteiger partial charge in [-0.25, -0.2) is 9.13 Å². The third-order valence-electron chi connectivity index (χ3n) is 4.89. The van der Waals surface area contributed by atoms with Crippen molar-refractivity contribution in [1.29, 1.82) is 0 Å². The van der Waals surface area contributed by atoms with Crippen LogP contribution in [-0.4, -0.2) is 70.5 Å². The van der Waals surface area contributed by atoms with E-state index in [1.165, 1.54) is 49.9 Å². The zero-order valence-corrected chi connectivity index (χ0v) is 18.1. The summed E-state index contributed by atoms with van der Waals surface area (Å²) < 4.78 is 24.0. The Morgan fingerprint density at radius 3 is 2.23 bits per heavy atom. The van der Waals surface area contributed by atoms with Crippen molar-refractivity contribution in [2.75, 3.05) is 31.5 Å². The van der Waals surface area contributed by atoms with Gasteiger partial charge in [0.25, 0.3) is 0 Å². The van der Waals surface area contributed by atoms with Crippen molar-refractivity contribution in [1.82, 2.24) is 24.7 Å². The largest absolute Gasteiger partial charge is 0.478 e. The first-order chi connectivity index (χ1) is 14.1. The molecule has 0 spiro atoms. The van der Waals surface area contributed by atoms with Crippen LogP contribution in [0.1, 0.15) is 36.8 Å². The van der Waals surface area contributed by atoms with Gasteiger partial charge in [0.1, 0.15) is 6.33 Å². The topological polar surface area (TPSA) is 183 Å². The number of aryl methyl sites for hydroxylation is 1. The van der Waals surface area contributed by atoms with Crippen molar-refractivity contribution in [2.45, 2.75) is 38.5 Å². The van der Waals surface area contributed by atoms with Gasteiger partial charge in [0.2, 0.25) is 0 Å². The summed E-state index contributed by atoms with van der Waals surface area (Å²) in [4.78, 5) is 33.5. The molecule has 0 unspecified atom stereocenters. The molecule has 30 heavy (non-hydrogen) atoms. The molecule has 1 aliphatic carbocycles. The van der Waals surface area contributed by atoms with Gasteiger partial charge in [0, 0.05) is 24.2 Å². The van der Waals surface area contributed by atoms with Crippen molar-refractivity contribution in [3.63, 3.8) is 0 Å². The summed E-state index contributed by atoms with van der Waals surface area (Å²) in [6, 6.07) is 0. The third kappa shape index (κ3) is 6.79. The van der Waals surface area contributed by atoms with Gasteiger partial charge in [0.05, 0.1) is 0 Å². The highest BCUT2D eigenvalue weighted by Crippen LogP contribution is 2.53. The van der Waals surface area contributed by atoms with Gasteiger partial charge in [-0.1, -0.05) is 0 Å². The van der Waals surface area contributed by atoms with Gasteiger partial charge in [-0.2, -0.15) is 8.83 Å². The first-order valence-corrected chi connectivity index (χ1v) is 12.7. The highest BCUT2D eigenvalue weighted by molar-refractivity contribution is 7.60. The van der Waals surface area contributed by atoms with Crippen LogP contribution in [-0.2, 0) is 26.3 Å². The van der Waals surface area contributed by atoms with Crippen LogP contribution in [0.3, 0.4) is 0 Å². The van der Waals surface area contributed by atoms with Crippen LogP contribution >= 0.6 is 15.6 Å². The fraction of sp³-hybridized carbons (Fsp3) is 0.667. The monoisotopic (exact) mass is 464 g/mol. The molecule has 168 valence electrons. The van der Waals surface area contributed by atoms with E-state index in [0.29, 0.717) is 0 Å². The highest BCUT2D eigenvalue weighted by Gasteiger charge is 2.28. The van der Waals surface area contributed by atoms with Gasteiger partial charge in [0.15, 0.2) is 11.5 Å². The summed E-state index contributed by atoms with van der Waals surface area (Å²) in [6.07, 6.45) is 9.10. The Labute approximate surface area is 172 Å². The molecule has 1 saturated heterocycles. The lowest BCUT2D eigenvalue weighted by molar-refractivity contribution is 0.225. The number of rotatable bonds is 6. The van der Waals surface area contributed by atoms with Crippen LogP contribution in [0.25, 0.3) is 5.65 Å². The van der Waals surface area contributed by atoms with E-state index in [9.17, 15) is 9.13 Å². The molecule has 2 aromatic heterocycles. The fourth-order valence-electron chi connectivity index (χ4n) is 3.70. The average Bonchev–Trinajstić information content (AvgIpc) is 3.30. The average molecular weight is 464 g/mol. The lowest BCUT2D eigenvalue weighted by Gasteiger charge is -2.21. The van der Waals surface area contributed by atoms with E-state index in [4.69, 9.17) is 19.6 Å². The normalized spacial score (nSPS) is 17.5. The van der Waals surface area contributed by atoms with E-state index >= 15 is 0 Å². The van der Waals surface area contributed by atoms with E-state index in [1.54, 1.807) is 6.33 Å². The van der Waals surface area contributed by atoms with Crippen LogP contribution in [0.15, 0.2) is 6.33 Å². The molecule has 1 fully saturated rings. The second-order valence-electron chi connectivity index (χ2n) is 7.15. The Morgan fingerprint density at radius 2 is 1.63 bits per heavy atom. The molecule has 0 atom stereocenters. The number of fused-ring (bicyclic) bond motifs is 3. The van der Waals surface area contributed by atoms with Crippen molar-refractivity contribution in [2.24, 2.45) is 0 Å². The van der Waals surface area contributed by atoms with Gasteiger partial charge in [-0.3, -0.25) is 0 Å². The standard InChI is InChI=1S/C15H22N6.H4O7P2/c1-2-6-13-12(5-1)14(19-21-11-17-18-15(13)21)16-7-10-20-8-3-4-9-20;1-8(2,3)7-9(4,5)6/h11H,1-10H2,(H,16,19);(H2,1,2,3)(H2,4,5,6). The molecule has 2 aliphatic rings. The first-order valence-electron chi connectivity index (χ1n) is 9.63. The number of hydrogen-bond acceptors (Lipinski definition) is 8. The number of anilines is 1. The molecule has 15 heteroatoms. The lowest BCUT2D eigenvalue weighted by atomic mass is 9.93. The van der Waals surface area contributed by atoms with Crippen molar-refractivity contribution < 1.29 is 33.0 Å². The van der Waals surface area contributed by atoms with E-state index in [0.717, 1.165) is 37.4 Å². The molecular weight excluding hydrogens is 438 g/mol. The molecular formula is C15H26N6O7P2. The van der Waals surface area contributed by atoms with Crippen molar-refractivity contribution >= 4 is 27.1 Å². The third-order valence-corrected chi connectivity index (χ3v) is 6.60. The fourth-order valence-corrected chi connectivity index (χ4v) is 4.81. The van der Waals surface area contributed by atoms with E-state index in [2.05, 4.69) is 29.8 Å². The van der Waals surface area contributed by atoms with Crippen LogP contribution in [0.4, 0.5) is 5.82 Å². The molecule has 0 radical (unpaired) electrons. The number of hydrogen-bond donors (Lipinski definition) is 5. The summed E-state index contributed by atoms with van der Waals surface area (Å²) in [7, 11) is -10.1. The molecule has 0 saturated carbocycles. The maximum atomic E-state index is 9.63. The first kappa shape index (κ1) is 23.2. The molecule has 1 aliphatic heterocycles. The zero-order valence-electron chi connectivity index (χ0n) is 16.3. The Kier molecular flexibility index (Phi) is 7.59. The minimum Gasteiger partial charge on any atom is -0.367 e. The Morgan fingerprint density at radius 1 is 1.00 bits per heavy atom. The van der Waals surface area contributed by atoms with Crippen LogP contribution in [0, 0.1) is 0 Å². The molecule has 3 heterocycles. The summed E-state index contributed by atoms with van der Waals surface area (Å²) in [6.45, 7) is 4.57. The molecule has 0 amide bonds.